The van der Waals surface area contributed by atoms with Gasteiger partial charge in [0, 0.05) is 32.4 Å². The Morgan fingerprint density at radius 2 is 1.75 bits per heavy atom. The molecule has 1 heterocycles. The van der Waals surface area contributed by atoms with E-state index in [4.69, 9.17) is 16.6 Å². The Hall–Kier alpha value is -1.12. The zero-order valence-corrected chi connectivity index (χ0v) is 14.0. The van der Waals surface area contributed by atoms with E-state index < -0.39 is 0 Å². The van der Waals surface area contributed by atoms with E-state index in [0.29, 0.717) is 0 Å². The van der Waals surface area contributed by atoms with E-state index in [1.54, 1.807) is 0 Å². The van der Waals surface area contributed by atoms with Crippen LogP contribution < -0.4 is 0 Å². The van der Waals surface area contributed by atoms with Gasteiger partial charge < -0.3 is 0 Å². The molecule has 0 unspecified atom stereocenters. The summed E-state index contributed by atoms with van der Waals surface area (Å²) in [6.07, 6.45) is 1.05. The fourth-order valence-corrected chi connectivity index (χ4v) is 3.48. The standard InChI is InChI=1S/C17H20ClNS/c1-5-10-19-17(14-6-8-15(18)9-7-14)16-11(2)12(3)20-13(16)4/h6-9H,5,10H2,1-4H3. The van der Waals surface area contributed by atoms with Crippen LogP contribution in [0.3, 0.4) is 0 Å². The smallest absolute Gasteiger partial charge is 0.0732 e. The highest BCUT2D eigenvalue weighted by Gasteiger charge is 2.16. The first kappa shape index (κ1) is 15.3. The van der Waals surface area contributed by atoms with Crippen LogP contribution in [0.1, 0.15) is 39.8 Å². The number of thiophene rings is 1. The summed E-state index contributed by atoms with van der Waals surface area (Å²) < 4.78 is 0. The molecule has 3 heteroatoms. The third-order valence-corrected chi connectivity index (χ3v) is 4.78. The number of nitrogens with zero attached hydrogens (tertiary/aromatic N) is 1. The highest BCUT2D eigenvalue weighted by atomic mass is 35.5. The normalized spacial score (nSPS) is 11.9. The lowest BCUT2D eigenvalue weighted by Crippen LogP contribution is -2.06. The number of halogens is 1. The molecular weight excluding hydrogens is 286 g/mol. The molecule has 2 rings (SSSR count). The Labute approximate surface area is 130 Å². The summed E-state index contributed by atoms with van der Waals surface area (Å²) >= 11 is 7.84. The van der Waals surface area contributed by atoms with Gasteiger partial charge in [-0.1, -0.05) is 30.7 Å². The van der Waals surface area contributed by atoms with Crippen LogP contribution in [0.5, 0.6) is 0 Å². The van der Waals surface area contributed by atoms with Gasteiger partial charge in [-0.15, -0.1) is 11.3 Å². The highest BCUT2D eigenvalue weighted by molar-refractivity contribution is 7.12. The van der Waals surface area contributed by atoms with Gasteiger partial charge in [-0.05, 0) is 44.9 Å². The van der Waals surface area contributed by atoms with Gasteiger partial charge >= 0.3 is 0 Å². The van der Waals surface area contributed by atoms with Crippen LogP contribution in [-0.4, -0.2) is 12.3 Å². The number of benzene rings is 1. The molecule has 1 aromatic heterocycles. The van der Waals surface area contributed by atoms with Crippen molar-refractivity contribution in [2.24, 2.45) is 4.99 Å². The molecule has 0 aliphatic rings. The van der Waals surface area contributed by atoms with Crippen molar-refractivity contribution < 1.29 is 0 Å². The molecule has 0 aliphatic heterocycles. The molecule has 0 bridgehead atoms. The van der Waals surface area contributed by atoms with Crippen molar-refractivity contribution in [2.45, 2.75) is 34.1 Å². The molecule has 0 radical (unpaired) electrons. The summed E-state index contributed by atoms with van der Waals surface area (Å²) in [5, 5.41) is 0.763. The summed E-state index contributed by atoms with van der Waals surface area (Å²) in [7, 11) is 0. The third-order valence-electron chi connectivity index (χ3n) is 3.41. The van der Waals surface area contributed by atoms with Crippen molar-refractivity contribution in [2.75, 3.05) is 6.54 Å². The van der Waals surface area contributed by atoms with Gasteiger partial charge in [0.05, 0.1) is 5.71 Å². The quantitative estimate of drug-likeness (QED) is 0.654. The second-order valence-corrected chi connectivity index (χ2v) is 6.82. The number of hydrogen-bond donors (Lipinski definition) is 0. The molecule has 106 valence electrons. The Kier molecular flexibility index (Phi) is 5.00. The molecule has 20 heavy (non-hydrogen) atoms. The SMILES string of the molecule is CCCN=C(c1ccc(Cl)cc1)c1c(C)sc(C)c1C. The molecule has 0 fully saturated rings. The maximum absolute atomic E-state index is 6.00. The lowest BCUT2D eigenvalue weighted by molar-refractivity contribution is 0.932. The summed E-state index contributed by atoms with van der Waals surface area (Å²) in [6.45, 7) is 9.55. The molecule has 0 saturated carbocycles. The third kappa shape index (κ3) is 3.13. The van der Waals surface area contributed by atoms with Gasteiger partial charge in [0.1, 0.15) is 0 Å². The molecule has 1 nitrogen and oxygen atoms in total. The molecule has 0 saturated heterocycles. The molecule has 0 N–H and O–H groups in total. The predicted molar refractivity (Wildman–Crippen MR) is 90.8 cm³/mol. The monoisotopic (exact) mass is 305 g/mol. The molecule has 0 amide bonds. The van der Waals surface area contributed by atoms with E-state index >= 15 is 0 Å². The van der Waals surface area contributed by atoms with E-state index in [1.807, 2.05) is 23.5 Å². The van der Waals surface area contributed by atoms with Gasteiger partial charge in [0.25, 0.3) is 0 Å². The maximum atomic E-state index is 6.00. The van der Waals surface area contributed by atoms with Gasteiger partial charge in [-0.25, -0.2) is 0 Å². The second kappa shape index (κ2) is 6.55. The van der Waals surface area contributed by atoms with Gasteiger partial charge in [-0.3, -0.25) is 4.99 Å². The van der Waals surface area contributed by atoms with Crippen molar-refractivity contribution in [3.8, 4) is 0 Å². The van der Waals surface area contributed by atoms with Crippen LogP contribution in [0, 0.1) is 20.8 Å². The summed E-state index contributed by atoms with van der Waals surface area (Å²) in [5.74, 6) is 0. The van der Waals surface area contributed by atoms with E-state index in [0.717, 1.165) is 29.3 Å². The first-order valence-electron chi connectivity index (χ1n) is 6.92. The molecular formula is C17H20ClNS. The lowest BCUT2D eigenvalue weighted by Gasteiger charge is -2.09. The number of aryl methyl sites for hydroxylation is 2. The topological polar surface area (TPSA) is 12.4 Å². The van der Waals surface area contributed by atoms with Crippen molar-refractivity contribution in [3.05, 3.63) is 55.7 Å². The molecule has 0 aliphatic carbocycles. The Balaban J connectivity index is 2.56. The maximum Gasteiger partial charge on any atom is 0.0732 e. The Bertz CT molecular complexity index is 623. The van der Waals surface area contributed by atoms with Crippen LogP contribution >= 0.6 is 22.9 Å². The zero-order valence-electron chi connectivity index (χ0n) is 12.5. The fraction of sp³-hybridized carbons (Fsp3) is 0.353. The van der Waals surface area contributed by atoms with Crippen LogP contribution in [0.25, 0.3) is 0 Å². The fourth-order valence-electron chi connectivity index (χ4n) is 2.29. The molecule has 1 aromatic carbocycles. The number of rotatable bonds is 4. The van der Waals surface area contributed by atoms with Gasteiger partial charge in [0.15, 0.2) is 0 Å². The van der Waals surface area contributed by atoms with Crippen LogP contribution in [-0.2, 0) is 0 Å². The Morgan fingerprint density at radius 3 is 2.25 bits per heavy atom. The largest absolute Gasteiger partial charge is 0.284 e. The molecule has 0 atom stereocenters. The zero-order chi connectivity index (χ0) is 14.7. The summed E-state index contributed by atoms with van der Waals surface area (Å²) in [4.78, 5) is 7.54. The summed E-state index contributed by atoms with van der Waals surface area (Å²) in [5.41, 5.74) is 4.88. The number of aliphatic imine (C=N–C) groups is 1. The number of hydrogen-bond acceptors (Lipinski definition) is 2. The van der Waals surface area contributed by atoms with Gasteiger partial charge in [-0.2, -0.15) is 0 Å². The van der Waals surface area contributed by atoms with Crippen LogP contribution in [0.2, 0.25) is 5.02 Å². The van der Waals surface area contributed by atoms with Crippen molar-refractivity contribution in [1.29, 1.82) is 0 Å². The highest BCUT2D eigenvalue weighted by Crippen LogP contribution is 2.29. The lowest BCUT2D eigenvalue weighted by atomic mass is 9.98. The van der Waals surface area contributed by atoms with E-state index in [9.17, 15) is 0 Å². The minimum Gasteiger partial charge on any atom is -0.284 e. The summed E-state index contributed by atoms with van der Waals surface area (Å²) in [6, 6.07) is 7.98. The molecule has 0 spiro atoms. The van der Waals surface area contributed by atoms with E-state index in [1.165, 1.54) is 20.9 Å². The van der Waals surface area contributed by atoms with Crippen molar-refractivity contribution in [3.63, 3.8) is 0 Å². The van der Waals surface area contributed by atoms with Crippen molar-refractivity contribution in [1.82, 2.24) is 0 Å². The van der Waals surface area contributed by atoms with E-state index in [2.05, 4.69) is 39.8 Å². The van der Waals surface area contributed by atoms with Gasteiger partial charge in [0.2, 0.25) is 0 Å². The first-order chi connectivity index (χ1) is 9.54. The van der Waals surface area contributed by atoms with Crippen LogP contribution in [0.4, 0.5) is 0 Å². The molecule has 2 aromatic rings. The predicted octanol–water partition coefficient (Wildman–Crippen LogP) is 5.57. The Morgan fingerprint density at radius 1 is 1.10 bits per heavy atom. The second-order valence-electron chi connectivity index (χ2n) is 4.95. The minimum atomic E-state index is 0.763. The van der Waals surface area contributed by atoms with Crippen LogP contribution in [0.15, 0.2) is 29.3 Å². The average Bonchev–Trinajstić information content (AvgIpc) is 2.67. The first-order valence-corrected chi connectivity index (χ1v) is 8.11. The minimum absolute atomic E-state index is 0.763. The average molecular weight is 306 g/mol. The van der Waals surface area contributed by atoms with E-state index in [-0.39, 0.29) is 0 Å². The van der Waals surface area contributed by atoms with Crippen molar-refractivity contribution >= 4 is 28.6 Å².